The Morgan fingerprint density at radius 2 is 1.50 bits per heavy atom. The molecule has 0 aliphatic rings. The number of oxazole rings is 1. The summed E-state index contributed by atoms with van der Waals surface area (Å²) in [7, 11) is 0. The topological polar surface area (TPSA) is 81.4 Å². The molecule has 0 saturated heterocycles. The molecule has 0 saturated carbocycles. The number of carbonyl (C=O) groups excluding carboxylic acids is 2. The molecule has 6 heteroatoms. The van der Waals surface area contributed by atoms with Gasteiger partial charge in [-0.1, -0.05) is 42.5 Å². The number of hydrogen-bond donors (Lipinski definition) is 1. The van der Waals surface area contributed by atoms with Gasteiger partial charge < -0.3 is 14.5 Å². The zero-order chi connectivity index (χ0) is 25.2. The van der Waals surface area contributed by atoms with E-state index in [0.29, 0.717) is 33.5 Å². The third-order valence-corrected chi connectivity index (χ3v) is 5.97. The first-order valence-corrected chi connectivity index (χ1v) is 11.6. The number of aryl methyl sites for hydroxylation is 3. The summed E-state index contributed by atoms with van der Waals surface area (Å²) >= 11 is 0. The van der Waals surface area contributed by atoms with Gasteiger partial charge in [-0.2, -0.15) is 0 Å². The number of rotatable bonds is 5. The number of aromatic nitrogens is 1. The van der Waals surface area contributed by atoms with Crippen LogP contribution in [0.3, 0.4) is 0 Å². The highest BCUT2D eigenvalue weighted by atomic mass is 16.5. The number of fused-ring (bicyclic) bond motifs is 1. The van der Waals surface area contributed by atoms with Crippen LogP contribution in [0.1, 0.15) is 37.4 Å². The molecular weight excluding hydrogens is 452 g/mol. The Morgan fingerprint density at radius 1 is 0.806 bits per heavy atom. The van der Waals surface area contributed by atoms with Crippen LogP contribution >= 0.6 is 0 Å². The lowest BCUT2D eigenvalue weighted by Gasteiger charge is -2.12. The lowest BCUT2D eigenvalue weighted by Crippen LogP contribution is -2.14. The number of nitrogens with zero attached hydrogens (tertiary/aromatic N) is 1. The average molecular weight is 477 g/mol. The van der Waals surface area contributed by atoms with Crippen molar-refractivity contribution in [2.45, 2.75) is 20.8 Å². The summed E-state index contributed by atoms with van der Waals surface area (Å²) in [6, 6.07) is 25.3. The number of anilines is 1. The third kappa shape index (κ3) is 4.61. The summed E-state index contributed by atoms with van der Waals surface area (Å²) in [5, 5.41) is 2.92. The van der Waals surface area contributed by atoms with Crippen molar-refractivity contribution in [1.29, 1.82) is 0 Å². The second-order valence-corrected chi connectivity index (χ2v) is 8.67. The lowest BCUT2D eigenvalue weighted by molar-refractivity contribution is 0.0734. The highest BCUT2D eigenvalue weighted by molar-refractivity contribution is 6.05. The minimum absolute atomic E-state index is 0.239. The summed E-state index contributed by atoms with van der Waals surface area (Å²) in [4.78, 5) is 30.5. The molecular formula is C30H24N2O4. The normalized spacial score (nSPS) is 10.9. The summed E-state index contributed by atoms with van der Waals surface area (Å²) < 4.78 is 11.8. The number of nitrogens with one attached hydrogen (secondary N) is 1. The van der Waals surface area contributed by atoms with Crippen LogP contribution in [0.4, 0.5) is 5.69 Å². The SMILES string of the molecule is Cc1ccc2oc(-c3cc(NC(=O)c4ccccc4C)ccc3OC(=O)c3ccccc3C)nc2c1. The Bertz CT molecular complexity index is 1620. The van der Waals surface area contributed by atoms with Gasteiger partial charge in [-0.15, -0.1) is 0 Å². The van der Waals surface area contributed by atoms with Gasteiger partial charge in [0.2, 0.25) is 5.89 Å². The Kier molecular flexibility index (Phi) is 6.09. The van der Waals surface area contributed by atoms with Gasteiger partial charge in [0.15, 0.2) is 5.58 Å². The molecule has 1 aromatic heterocycles. The van der Waals surface area contributed by atoms with Crippen LogP contribution in [0.2, 0.25) is 0 Å². The quantitative estimate of drug-likeness (QED) is 0.221. The summed E-state index contributed by atoms with van der Waals surface area (Å²) in [5.74, 6) is -0.162. The van der Waals surface area contributed by atoms with E-state index in [1.54, 1.807) is 36.4 Å². The highest BCUT2D eigenvalue weighted by Crippen LogP contribution is 2.35. The van der Waals surface area contributed by atoms with E-state index >= 15 is 0 Å². The maximum atomic E-state index is 13.0. The van der Waals surface area contributed by atoms with Gasteiger partial charge in [0, 0.05) is 11.3 Å². The zero-order valence-electron chi connectivity index (χ0n) is 20.2. The molecule has 6 nitrogen and oxygen atoms in total. The van der Waals surface area contributed by atoms with Crippen LogP contribution in [-0.4, -0.2) is 16.9 Å². The second-order valence-electron chi connectivity index (χ2n) is 8.67. The Balaban J connectivity index is 1.54. The van der Waals surface area contributed by atoms with E-state index < -0.39 is 5.97 Å². The second kappa shape index (κ2) is 9.50. The maximum Gasteiger partial charge on any atom is 0.343 e. The Morgan fingerprint density at radius 3 is 2.22 bits per heavy atom. The molecule has 5 aromatic rings. The van der Waals surface area contributed by atoms with Crippen molar-refractivity contribution in [3.05, 3.63) is 113 Å². The molecule has 0 unspecified atom stereocenters. The van der Waals surface area contributed by atoms with Gasteiger partial charge in [-0.05, 0) is 79.9 Å². The molecule has 0 spiro atoms. The molecule has 4 aromatic carbocycles. The first-order chi connectivity index (χ1) is 17.4. The van der Waals surface area contributed by atoms with Crippen molar-refractivity contribution in [2.24, 2.45) is 0 Å². The number of amides is 1. The first kappa shape index (κ1) is 23.1. The monoisotopic (exact) mass is 476 g/mol. The van der Waals surface area contributed by atoms with E-state index in [4.69, 9.17) is 9.15 Å². The van der Waals surface area contributed by atoms with Crippen molar-refractivity contribution >= 4 is 28.7 Å². The van der Waals surface area contributed by atoms with Crippen LogP contribution in [0, 0.1) is 20.8 Å². The van der Waals surface area contributed by atoms with Crippen molar-refractivity contribution in [2.75, 3.05) is 5.32 Å². The predicted molar refractivity (Wildman–Crippen MR) is 139 cm³/mol. The molecule has 1 heterocycles. The van der Waals surface area contributed by atoms with E-state index in [9.17, 15) is 9.59 Å². The molecule has 0 atom stereocenters. The molecule has 178 valence electrons. The molecule has 5 rings (SSSR count). The van der Waals surface area contributed by atoms with Crippen molar-refractivity contribution in [3.63, 3.8) is 0 Å². The van der Waals surface area contributed by atoms with Crippen molar-refractivity contribution < 1.29 is 18.7 Å². The summed E-state index contributed by atoms with van der Waals surface area (Å²) in [6.07, 6.45) is 0. The summed E-state index contributed by atoms with van der Waals surface area (Å²) in [6.45, 7) is 5.71. The highest BCUT2D eigenvalue weighted by Gasteiger charge is 2.20. The molecule has 0 aliphatic heterocycles. The molecule has 0 fully saturated rings. The molecule has 0 bridgehead atoms. The van der Waals surface area contributed by atoms with E-state index in [0.717, 1.165) is 16.7 Å². The third-order valence-electron chi connectivity index (χ3n) is 5.97. The molecule has 1 N–H and O–H groups in total. The minimum atomic E-state index is -0.488. The van der Waals surface area contributed by atoms with Gasteiger partial charge in [0.1, 0.15) is 11.3 Å². The minimum Gasteiger partial charge on any atom is -0.436 e. The average Bonchev–Trinajstić information content (AvgIpc) is 3.28. The van der Waals surface area contributed by atoms with Crippen LogP contribution in [0.25, 0.3) is 22.6 Å². The smallest absolute Gasteiger partial charge is 0.343 e. The summed E-state index contributed by atoms with van der Waals surface area (Å²) in [5.41, 5.74) is 6.04. The molecule has 1 amide bonds. The predicted octanol–water partition coefficient (Wildman–Crippen LogP) is 6.89. The lowest BCUT2D eigenvalue weighted by atomic mass is 10.1. The van der Waals surface area contributed by atoms with Gasteiger partial charge in [-0.3, -0.25) is 4.79 Å². The van der Waals surface area contributed by atoms with Gasteiger partial charge in [0.05, 0.1) is 11.1 Å². The van der Waals surface area contributed by atoms with Gasteiger partial charge in [-0.25, -0.2) is 9.78 Å². The van der Waals surface area contributed by atoms with Crippen molar-refractivity contribution in [1.82, 2.24) is 4.98 Å². The van der Waals surface area contributed by atoms with Gasteiger partial charge in [0.25, 0.3) is 5.91 Å². The first-order valence-electron chi connectivity index (χ1n) is 11.6. The van der Waals surface area contributed by atoms with Crippen molar-refractivity contribution in [3.8, 4) is 17.2 Å². The van der Waals surface area contributed by atoms with Gasteiger partial charge >= 0.3 is 5.97 Å². The van der Waals surface area contributed by atoms with Crippen LogP contribution < -0.4 is 10.1 Å². The zero-order valence-corrected chi connectivity index (χ0v) is 20.2. The van der Waals surface area contributed by atoms with Crippen LogP contribution in [0.15, 0.2) is 89.3 Å². The number of carbonyl (C=O) groups is 2. The van der Waals surface area contributed by atoms with E-state index in [1.165, 1.54) is 0 Å². The number of benzene rings is 4. The number of ether oxygens (including phenoxy) is 1. The largest absolute Gasteiger partial charge is 0.436 e. The molecule has 0 radical (unpaired) electrons. The molecule has 36 heavy (non-hydrogen) atoms. The van der Waals surface area contributed by atoms with Crippen LogP contribution in [0.5, 0.6) is 5.75 Å². The van der Waals surface area contributed by atoms with Crippen LogP contribution in [-0.2, 0) is 0 Å². The Hall–Kier alpha value is -4.71. The fourth-order valence-electron chi connectivity index (χ4n) is 4.00. The number of hydrogen-bond acceptors (Lipinski definition) is 5. The maximum absolute atomic E-state index is 13.0. The van der Waals surface area contributed by atoms with E-state index in [1.807, 2.05) is 69.3 Å². The fraction of sp³-hybridized carbons (Fsp3) is 0.100. The fourth-order valence-corrected chi connectivity index (χ4v) is 4.00. The standard InChI is InChI=1S/C30H24N2O4/c1-18-12-14-27-25(16-18)32-29(35-27)24-17-21(31-28(33)22-10-6-4-8-19(22)2)13-15-26(24)36-30(34)23-11-7-5-9-20(23)3/h4-17H,1-3H3,(H,31,33). The molecule has 0 aliphatic carbocycles. The number of esters is 1. The Labute approximate surface area is 208 Å². The van der Waals surface area contributed by atoms with E-state index in [-0.39, 0.29) is 17.5 Å². The van der Waals surface area contributed by atoms with E-state index in [2.05, 4.69) is 10.3 Å².